The highest BCUT2D eigenvalue weighted by Gasteiger charge is 2.25. The molecule has 0 saturated heterocycles. The Hall–Kier alpha value is -1.92. The average Bonchev–Trinajstić information content (AvgIpc) is 3.39. The summed E-state index contributed by atoms with van der Waals surface area (Å²) in [5, 5.41) is 17.7. The summed E-state index contributed by atoms with van der Waals surface area (Å²) in [5.74, 6) is 0.510. The van der Waals surface area contributed by atoms with Crippen molar-refractivity contribution in [3.63, 3.8) is 0 Å². The zero-order chi connectivity index (χ0) is 22.2. The number of halogens is 3. The topological polar surface area (TPSA) is 43.6 Å². The zero-order valence-electron chi connectivity index (χ0n) is 17.5. The minimum absolute atomic E-state index is 0.510. The van der Waals surface area contributed by atoms with Crippen LogP contribution in [0.3, 0.4) is 0 Å². The molecule has 0 aliphatic heterocycles. The highest BCUT2D eigenvalue weighted by molar-refractivity contribution is 7.14. The fourth-order valence-corrected chi connectivity index (χ4v) is 6.08. The SMILES string of the molecule is Cc1c(-c2nnc(C3CCCCC3)s2)nn(-c2ccc(Cl)cc2Cl)c1-c1cccc(Cl)c1. The Labute approximate surface area is 206 Å². The summed E-state index contributed by atoms with van der Waals surface area (Å²) in [4.78, 5) is 0. The van der Waals surface area contributed by atoms with Gasteiger partial charge in [0.2, 0.25) is 0 Å². The fourth-order valence-electron chi connectivity index (χ4n) is 4.35. The first kappa shape index (κ1) is 21.9. The summed E-state index contributed by atoms with van der Waals surface area (Å²) in [5.41, 5.74) is 4.44. The van der Waals surface area contributed by atoms with E-state index in [4.69, 9.17) is 39.9 Å². The molecule has 1 fully saturated rings. The van der Waals surface area contributed by atoms with Crippen molar-refractivity contribution >= 4 is 46.1 Å². The van der Waals surface area contributed by atoms with Gasteiger partial charge >= 0.3 is 0 Å². The fraction of sp³-hybridized carbons (Fsp3) is 0.292. The van der Waals surface area contributed by atoms with Crippen LogP contribution in [-0.2, 0) is 0 Å². The Morgan fingerprint density at radius 1 is 0.938 bits per heavy atom. The molecule has 164 valence electrons. The number of benzene rings is 2. The Morgan fingerprint density at radius 3 is 2.47 bits per heavy atom. The molecule has 2 aromatic carbocycles. The Bertz CT molecular complexity index is 1270. The quantitative estimate of drug-likeness (QED) is 0.281. The summed E-state index contributed by atoms with van der Waals surface area (Å²) in [6.45, 7) is 2.06. The van der Waals surface area contributed by atoms with Crippen LogP contribution in [0.2, 0.25) is 15.1 Å². The van der Waals surface area contributed by atoms with E-state index in [1.54, 1.807) is 17.4 Å². The predicted octanol–water partition coefficient (Wildman–Crippen LogP) is 8.37. The third-order valence-corrected chi connectivity index (χ3v) is 7.82. The molecule has 1 aliphatic carbocycles. The van der Waals surface area contributed by atoms with Crippen LogP contribution >= 0.6 is 46.1 Å². The zero-order valence-corrected chi connectivity index (χ0v) is 20.6. The second kappa shape index (κ2) is 9.14. The monoisotopic (exact) mass is 502 g/mol. The second-order valence-electron chi connectivity index (χ2n) is 8.12. The van der Waals surface area contributed by atoms with Crippen LogP contribution in [0, 0.1) is 6.92 Å². The lowest BCUT2D eigenvalue weighted by atomic mass is 9.90. The normalized spacial score (nSPS) is 14.8. The molecule has 1 aliphatic rings. The van der Waals surface area contributed by atoms with E-state index in [9.17, 15) is 0 Å². The van der Waals surface area contributed by atoms with Gasteiger partial charge in [0.05, 0.1) is 16.4 Å². The van der Waals surface area contributed by atoms with Crippen molar-refractivity contribution in [2.45, 2.75) is 44.9 Å². The first-order valence-corrected chi connectivity index (χ1v) is 12.6. The summed E-state index contributed by atoms with van der Waals surface area (Å²) in [6, 6.07) is 13.2. The summed E-state index contributed by atoms with van der Waals surface area (Å²) >= 11 is 20.7. The van der Waals surface area contributed by atoms with E-state index in [-0.39, 0.29) is 0 Å². The van der Waals surface area contributed by atoms with Gasteiger partial charge in [0.1, 0.15) is 10.7 Å². The van der Waals surface area contributed by atoms with Crippen LogP contribution in [0.25, 0.3) is 27.6 Å². The first-order chi connectivity index (χ1) is 15.5. The average molecular weight is 504 g/mol. The van der Waals surface area contributed by atoms with Crippen LogP contribution in [-0.4, -0.2) is 20.0 Å². The van der Waals surface area contributed by atoms with Crippen molar-refractivity contribution in [1.82, 2.24) is 20.0 Å². The lowest BCUT2D eigenvalue weighted by Crippen LogP contribution is -2.03. The molecule has 4 aromatic rings. The molecule has 0 amide bonds. The van der Waals surface area contributed by atoms with Gasteiger partial charge in [-0.2, -0.15) is 5.10 Å². The minimum Gasteiger partial charge on any atom is -0.231 e. The van der Waals surface area contributed by atoms with E-state index in [0.29, 0.717) is 21.0 Å². The molecule has 5 rings (SSSR count). The number of hydrogen-bond donors (Lipinski definition) is 0. The Kier molecular flexibility index (Phi) is 6.26. The minimum atomic E-state index is 0.510. The molecule has 0 N–H and O–H groups in total. The third kappa shape index (κ3) is 4.19. The summed E-state index contributed by atoms with van der Waals surface area (Å²) in [6.07, 6.45) is 6.23. The molecule has 32 heavy (non-hydrogen) atoms. The van der Waals surface area contributed by atoms with E-state index in [2.05, 4.69) is 17.1 Å². The molecule has 0 bridgehead atoms. The van der Waals surface area contributed by atoms with Gasteiger partial charge in [0.25, 0.3) is 0 Å². The highest BCUT2D eigenvalue weighted by Crippen LogP contribution is 2.40. The van der Waals surface area contributed by atoms with Crippen molar-refractivity contribution < 1.29 is 0 Å². The maximum absolute atomic E-state index is 6.57. The van der Waals surface area contributed by atoms with Gasteiger partial charge in [-0.15, -0.1) is 10.2 Å². The van der Waals surface area contributed by atoms with Crippen LogP contribution < -0.4 is 0 Å². The van der Waals surface area contributed by atoms with E-state index < -0.39 is 0 Å². The number of rotatable bonds is 4. The molecule has 4 nitrogen and oxygen atoms in total. The molecule has 0 atom stereocenters. The maximum atomic E-state index is 6.57. The number of aromatic nitrogens is 4. The molecule has 0 spiro atoms. The molecule has 2 heterocycles. The lowest BCUT2D eigenvalue weighted by molar-refractivity contribution is 0.440. The van der Waals surface area contributed by atoms with Crippen molar-refractivity contribution in [1.29, 1.82) is 0 Å². The van der Waals surface area contributed by atoms with E-state index in [1.807, 2.05) is 41.1 Å². The smallest absolute Gasteiger partial charge is 0.168 e. The number of nitrogens with zero attached hydrogens (tertiary/aromatic N) is 4. The molecule has 2 aromatic heterocycles. The molecule has 8 heteroatoms. The van der Waals surface area contributed by atoms with Gasteiger partial charge in [-0.25, -0.2) is 4.68 Å². The van der Waals surface area contributed by atoms with Gasteiger partial charge in [-0.1, -0.05) is 77.5 Å². The maximum Gasteiger partial charge on any atom is 0.168 e. The van der Waals surface area contributed by atoms with Gasteiger partial charge in [0, 0.05) is 27.1 Å². The predicted molar refractivity (Wildman–Crippen MR) is 133 cm³/mol. The van der Waals surface area contributed by atoms with E-state index in [1.165, 1.54) is 32.1 Å². The van der Waals surface area contributed by atoms with E-state index in [0.717, 1.165) is 38.2 Å². The Morgan fingerprint density at radius 2 is 1.72 bits per heavy atom. The van der Waals surface area contributed by atoms with Crippen LogP contribution in [0.4, 0.5) is 0 Å². The third-order valence-electron chi connectivity index (χ3n) is 5.96. The molecular formula is C24H21Cl3N4S. The van der Waals surface area contributed by atoms with Crippen LogP contribution in [0.1, 0.15) is 48.6 Å². The van der Waals surface area contributed by atoms with Crippen molar-refractivity contribution in [3.8, 4) is 27.6 Å². The molecule has 1 saturated carbocycles. The van der Waals surface area contributed by atoms with Gasteiger partial charge in [-0.3, -0.25) is 0 Å². The van der Waals surface area contributed by atoms with Crippen molar-refractivity contribution in [3.05, 3.63) is 68.1 Å². The highest BCUT2D eigenvalue weighted by atomic mass is 35.5. The summed E-state index contributed by atoms with van der Waals surface area (Å²) in [7, 11) is 0. The largest absolute Gasteiger partial charge is 0.231 e. The molecule has 0 radical (unpaired) electrons. The van der Waals surface area contributed by atoms with Gasteiger partial charge in [-0.05, 0) is 50.1 Å². The summed E-state index contributed by atoms with van der Waals surface area (Å²) < 4.78 is 1.86. The second-order valence-corrected chi connectivity index (χ2v) is 10.4. The Balaban J connectivity index is 1.66. The standard InChI is InChI=1S/C24H21Cl3N4S/c1-14-21(24-29-28-23(32-24)15-6-3-2-4-7-15)30-31(20-11-10-18(26)13-19(20)27)22(14)16-8-5-9-17(25)12-16/h5,8-13,15H,2-4,6-7H2,1H3. The first-order valence-electron chi connectivity index (χ1n) is 10.7. The molecular weight excluding hydrogens is 483 g/mol. The van der Waals surface area contributed by atoms with E-state index >= 15 is 0 Å². The lowest BCUT2D eigenvalue weighted by Gasteiger charge is -2.18. The molecule has 0 unspecified atom stereocenters. The van der Waals surface area contributed by atoms with Crippen molar-refractivity contribution in [2.24, 2.45) is 0 Å². The van der Waals surface area contributed by atoms with Gasteiger partial charge < -0.3 is 0 Å². The van der Waals surface area contributed by atoms with Crippen molar-refractivity contribution in [2.75, 3.05) is 0 Å². The number of hydrogen-bond acceptors (Lipinski definition) is 4. The van der Waals surface area contributed by atoms with Crippen LogP contribution in [0.5, 0.6) is 0 Å². The van der Waals surface area contributed by atoms with Gasteiger partial charge in [0.15, 0.2) is 5.01 Å². The van der Waals surface area contributed by atoms with Crippen LogP contribution in [0.15, 0.2) is 42.5 Å².